The van der Waals surface area contributed by atoms with Crippen molar-refractivity contribution in [3.05, 3.63) is 83.6 Å². The highest BCUT2D eigenvalue weighted by Gasteiger charge is 2.52. The van der Waals surface area contributed by atoms with Crippen LogP contribution in [-0.2, 0) is 25.5 Å². The van der Waals surface area contributed by atoms with Crippen molar-refractivity contribution in [2.75, 3.05) is 27.3 Å². The Kier molecular flexibility index (Phi) is 11.8. The average Bonchev–Trinajstić information content (AvgIpc) is 4.12. The molecule has 4 amide bonds. The number of carbonyl (C=O) groups excluding carboxylic acids is 4. The van der Waals surface area contributed by atoms with Gasteiger partial charge in [0, 0.05) is 12.8 Å². The number of alkyl carbamates (subject to hydrolysis) is 2. The lowest BCUT2D eigenvalue weighted by Crippen LogP contribution is -2.51. The van der Waals surface area contributed by atoms with Gasteiger partial charge in [0.25, 0.3) is 11.8 Å². The molecule has 6 atom stereocenters. The normalized spacial score (nSPS) is 22.3. The quantitative estimate of drug-likeness (QED) is 0.0951. The molecule has 4 aliphatic rings. The summed E-state index contributed by atoms with van der Waals surface area (Å²) in [7, 11) is 2.34. The van der Waals surface area contributed by atoms with Crippen molar-refractivity contribution in [3.8, 4) is 33.5 Å². The summed E-state index contributed by atoms with van der Waals surface area (Å²) in [6, 6.07) is 13.9. The molecule has 4 N–H and O–H groups in total. The summed E-state index contributed by atoms with van der Waals surface area (Å²) in [5.74, 6) is -6.97. The molecule has 2 saturated heterocycles. The van der Waals surface area contributed by atoms with Gasteiger partial charge in [-0.1, -0.05) is 70.2 Å². The third kappa shape index (κ3) is 8.58. The number of aromatic nitrogens is 4. The van der Waals surface area contributed by atoms with E-state index in [2.05, 4.69) is 42.5 Å². The number of aromatic amines is 2. The molecule has 1 saturated carbocycles. The Hall–Kier alpha value is -6.46. The number of amides is 4. The standard InChI is InChI=1S/C49H54F4N8O6/c1-24(2)40(58-46(64)66-5)44(62)60-22-48(50,51)19-37(60)42-54-21-36(57-42)27-9-7-26(8-10-27)31-15-14-30(33-17-28-11-13-32(28)39(31)33)29-12-16-34-35(18-29)56-43(55-34)38-20-49(52,53)23-61(38)45(63)41(25(3)4)59-47(65)67-6/h7-10,12,14-16,18,21,24-25,28,32,37-38,40-41H,11,13,17,19-20,22-23H2,1-6H3,(H,54,57)(H,55,56)(H,58,64)(H,59,65)/t28?,32?,37-,38-,40-,41?/m0/s1. The molecule has 0 radical (unpaired) electrons. The average molecular weight is 927 g/mol. The molecule has 4 heterocycles. The minimum absolute atomic E-state index is 0.223. The SMILES string of the molecule is COC(=O)NC(C(=O)N1CC(F)(F)C[C@H]1c1nc2cc(-c3ccc(-c4ccc(-c5cnc([C@@H]6CC(F)(F)CN6C(=O)[C@@H](NC(=O)OC)C(C)C)[nH]5)cc4)c4c3CC3CCC43)ccc2[nH]1)C(C)C. The number of carbonyl (C=O) groups is 4. The van der Waals surface area contributed by atoms with Crippen molar-refractivity contribution in [1.82, 2.24) is 40.4 Å². The molecule has 3 unspecified atom stereocenters. The van der Waals surface area contributed by atoms with E-state index >= 15 is 8.78 Å². The van der Waals surface area contributed by atoms with E-state index in [9.17, 15) is 28.0 Å². The molecule has 3 aromatic carbocycles. The molecule has 2 aromatic heterocycles. The number of hydrogen-bond acceptors (Lipinski definition) is 8. The largest absolute Gasteiger partial charge is 0.453 e. The van der Waals surface area contributed by atoms with E-state index < -0.39 is 85.9 Å². The topological polar surface area (TPSA) is 175 Å². The predicted molar refractivity (Wildman–Crippen MR) is 240 cm³/mol. The summed E-state index contributed by atoms with van der Waals surface area (Å²) in [5.41, 5.74) is 9.34. The third-order valence-corrected chi connectivity index (χ3v) is 14.0. The molecule has 9 rings (SSSR count). The number of halogens is 4. The highest BCUT2D eigenvalue weighted by Crippen LogP contribution is 2.56. The molecule has 354 valence electrons. The van der Waals surface area contributed by atoms with Crippen LogP contribution < -0.4 is 10.6 Å². The van der Waals surface area contributed by atoms with Gasteiger partial charge < -0.3 is 39.9 Å². The van der Waals surface area contributed by atoms with Gasteiger partial charge in [0.05, 0.1) is 62.3 Å². The van der Waals surface area contributed by atoms with Crippen molar-refractivity contribution in [1.29, 1.82) is 0 Å². The van der Waals surface area contributed by atoms with Gasteiger partial charge in [0.1, 0.15) is 23.7 Å². The zero-order valence-electron chi connectivity index (χ0n) is 38.1. The van der Waals surface area contributed by atoms with Crippen LogP contribution in [0.15, 0.2) is 60.8 Å². The van der Waals surface area contributed by atoms with Crippen LogP contribution in [0.25, 0.3) is 44.5 Å². The van der Waals surface area contributed by atoms with E-state index in [1.54, 1.807) is 33.9 Å². The number of methoxy groups -OCH3 is 2. The molecule has 0 spiro atoms. The number of imidazole rings is 2. The Morgan fingerprint density at radius 2 is 1.27 bits per heavy atom. The van der Waals surface area contributed by atoms with Gasteiger partial charge in [0.15, 0.2) is 0 Å². The fourth-order valence-corrected chi connectivity index (χ4v) is 10.5. The minimum atomic E-state index is -3.16. The van der Waals surface area contributed by atoms with E-state index in [1.165, 1.54) is 25.3 Å². The Morgan fingerprint density at radius 3 is 1.82 bits per heavy atom. The number of likely N-dealkylation sites (tertiary alicyclic amines) is 2. The Bertz CT molecular complexity index is 2740. The monoisotopic (exact) mass is 926 g/mol. The van der Waals surface area contributed by atoms with Gasteiger partial charge in [-0.25, -0.2) is 37.1 Å². The molecule has 3 fully saturated rings. The zero-order chi connectivity index (χ0) is 47.7. The van der Waals surface area contributed by atoms with Crippen LogP contribution in [0.3, 0.4) is 0 Å². The van der Waals surface area contributed by atoms with Crippen LogP contribution in [0.2, 0.25) is 0 Å². The number of alkyl halides is 4. The third-order valence-electron chi connectivity index (χ3n) is 14.0. The van der Waals surface area contributed by atoms with Gasteiger partial charge >= 0.3 is 12.2 Å². The Balaban J connectivity index is 0.968. The van der Waals surface area contributed by atoms with Crippen LogP contribution in [-0.4, -0.2) is 105 Å². The van der Waals surface area contributed by atoms with E-state index in [4.69, 9.17) is 9.72 Å². The lowest BCUT2D eigenvalue weighted by molar-refractivity contribution is -0.137. The number of hydrogen-bond donors (Lipinski definition) is 4. The van der Waals surface area contributed by atoms with Crippen molar-refractivity contribution < 1.29 is 46.2 Å². The second-order valence-corrected chi connectivity index (χ2v) is 19.1. The van der Waals surface area contributed by atoms with Gasteiger partial charge in [-0.15, -0.1) is 0 Å². The first-order chi connectivity index (χ1) is 31.8. The van der Waals surface area contributed by atoms with E-state index in [0.717, 1.165) is 56.9 Å². The molecule has 2 aliphatic heterocycles. The molecule has 5 aromatic rings. The maximum absolute atomic E-state index is 15.1. The maximum Gasteiger partial charge on any atom is 0.407 e. The molecular weight excluding hydrogens is 873 g/mol. The van der Waals surface area contributed by atoms with Crippen LogP contribution in [0.4, 0.5) is 27.2 Å². The second kappa shape index (κ2) is 17.3. The van der Waals surface area contributed by atoms with Crippen molar-refractivity contribution in [2.24, 2.45) is 17.8 Å². The van der Waals surface area contributed by atoms with Gasteiger partial charge in [-0.3, -0.25) is 9.59 Å². The fraction of sp³-hybridized carbons (Fsp3) is 0.469. The summed E-state index contributed by atoms with van der Waals surface area (Å²) in [6.45, 7) is 5.27. The van der Waals surface area contributed by atoms with Crippen LogP contribution >= 0.6 is 0 Å². The first kappa shape index (κ1) is 45.7. The second-order valence-electron chi connectivity index (χ2n) is 19.1. The molecular formula is C49H54F4N8O6. The van der Waals surface area contributed by atoms with Crippen molar-refractivity contribution in [3.63, 3.8) is 0 Å². The molecule has 18 heteroatoms. The molecule has 67 heavy (non-hydrogen) atoms. The van der Waals surface area contributed by atoms with Crippen LogP contribution in [0.5, 0.6) is 0 Å². The maximum atomic E-state index is 15.1. The van der Waals surface area contributed by atoms with Crippen LogP contribution in [0.1, 0.15) is 94.2 Å². The number of H-pyrrole nitrogens is 2. The van der Waals surface area contributed by atoms with Crippen LogP contribution in [0, 0.1) is 17.8 Å². The first-order valence-electron chi connectivity index (χ1n) is 22.7. The van der Waals surface area contributed by atoms with Crippen molar-refractivity contribution in [2.45, 2.75) is 102 Å². The van der Waals surface area contributed by atoms with E-state index in [1.807, 2.05) is 42.5 Å². The number of nitrogens with zero attached hydrogens (tertiary/aromatic N) is 4. The lowest BCUT2D eigenvalue weighted by atomic mass is 9.73. The summed E-state index contributed by atoms with van der Waals surface area (Å²) < 4.78 is 69.4. The van der Waals surface area contributed by atoms with Gasteiger partial charge in [-0.05, 0) is 94.0 Å². The highest BCUT2D eigenvalue weighted by molar-refractivity contribution is 5.89. The zero-order valence-corrected chi connectivity index (χ0v) is 38.1. The number of nitrogens with one attached hydrogen (secondary N) is 4. The minimum Gasteiger partial charge on any atom is -0.453 e. The molecule has 2 aliphatic carbocycles. The summed E-state index contributed by atoms with van der Waals surface area (Å²) in [5, 5.41) is 4.99. The Morgan fingerprint density at radius 1 is 0.716 bits per heavy atom. The first-order valence-corrected chi connectivity index (χ1v) is 22.7. The van der Waals surface area contributed by atoms with E-state index in [0.29, 0.717) is 28.6 Å². The summed E-state index contributed by atoms with van der Waals surface area (Å²) >= 11 is 0. The Labute approximate surface area is 384 Å². The highest BCUT2D eigenvalue weighted by atomic mass is 19.3. The number of rotatable bonds is 11. The lowest BCUT2D eigenvalue weighted by Gasteiger charge is -2.31. The fourth-order valence-electron chi connectivity index (χ4n) is 10.5. The molecule has 14 nitrogen and oxygen atoms in total. The van der Waals surface area contributed by atoms with Gasteiger partial charge in [-0.2, -0.15) is 0 Å². The van der Waals surface area contributed by atoms with E-state index in [-0.39, 0.29) is 23.5 Å². The molecule has 0 bridgehead atoms. The number of fused-ring (bicyclic) bond motifs is 4. The smallest absolute Gasteiger partial charge is 0.407 e. The summed E-state index contributed by atoms with van der Waals surface area (Å²) in [4.78, 5) is 69.3. The number of ether oxygens (including phenoxy) is 2. The number of benzene rings is 3. The predicted octanol–water partition coefficient (Wildman–Crippen LogP) is 8.92. The summed E-state index contributed by atoms with van der Waals surface area (Å²) in [6.07, 6.45) is 1.82. The van der Waals surface area contributed by atoms with Gasteiger partial charge in [0.2, 0.25) is 11.8 Å². The van der Waals surface area contributed by atoms with Crippen molar-refractivity contribution >= 4 is 35.0 Å².